The summed E-state index contributed by atoms with van der Waals surface area (Å²) in [5, 5.41) is 2.77. The number of ketones is 1. The van der Waals surface area contributed by atoms with Crippen LogP contribution in [0.3, 0.4) is 0 Å². The fourth-order valence-electron chi connectivity index (χ4n) is 2.50. The highest BCUT2D eigenvalue weighted by Crippen LogP contribution is 2.21. The molecule has 0 spiro atoms. The molecule has 0 saturated carbocycles. The van der Waals surface area contributed by atoms with Crippen molar-refractivity contribution < 1.29 is 23.5 Å². The Balaban J connectivity index is 1.43. The molecule has 0 fully saturated rings. The molecular formula is C23H20FNO4. The van der Waals surface area contributed by atoms with E-state index >= 15 is 0 Å². The first kappa shape index (κ1) is 20.1. The Morgan fingerprint density at radius 1 is 0.828 bits per heavy atom. The van der Waals surface area contributed by atoms with Crippen LogP contribution in [0.2, 0.25) is 0 Å². The number of hydrogen-bond acceptors (Lipinski definition) is 4. The van der Waals surface area contributed by atoms with Crippen molar-refractivity contribution in [1.82, 2.24) is 5.32 Å². The third kappa shape index (κ3) is 6.17. The summed E-state index contributed by atoms with van der Waals surface area (Å²) in [6.07, 6.45) is 0. The number of halogens is 1. The summed E-state index contributed by atoms with van der Waals surface area (Å²) in [6.45, 7) is 1.72. The van der Waals surface area contributed by atoms with Crippen LogP contribution >= 0.6 is 0 Å². The van der Waals surface area contributed by atoms with E-state index in [0.717, 1.165) is 5.56 Å². The predicted molar refractivity (Wildman–Crippen MR) is 107 cm³/mol. The van der Waals surface area contributed by atoms with E-state index < -0.39 is 0 Å². The fraction of sp³-hybridized carbons (Fsp3) is 0.130. The topological polar surface area (TPSA) is 64.6 Å². The number of carbonyl (C=O) groups excluding carboxylic acids is 2. The van der Waals surface area contributed by atoms with Crippen LogP contribution in [0.5, 0.6) is 17.2 Å². The number of benzene rings is 3. The van der Waals surface area contributed by atoms with Gasteiger partial charge in [-0.3, -0.25) is 9.59 Å². The molecule has 6 heteroatoms. The first-order valence-corrected chi connectivity index (χ1v) is 9.02. The van der Waals surface area contributed by atoms with Gasteiger partial charge in [-0.25, -0.2) is 4.39 Å². The summed E-state index contributed by atoms with van der Waals surface area (Å²) in [5.74, 6) is 1.08. The van der Waals surface area contributed by atoms with Gasteiger partial charge < -0.3 is 14.8 Å². The Morgan fingerprint density at radius 2 is 1.38 bits per heavy atom. The van der Waals surface area contributed by atoms with Crippen molar-refractivity contribution in [3.63, 3.8) is 0 Å². The lowest BCUT2D eigenvalue weighted by Crippen LogP contribution is -2.28. The van der Waals surface area contributed by atoms with Gasteiger partial charge in [0.2, 0.25) is 0 Å². The lowest BCUT2D eigenvalue weighted by Gasteiger charge is -2.09. The lowest BCUT2D eigenvalue weighted by molar-refractivity contribution is -0.123. The van der Waals surface area contributed by atoms with E-state index in [1.54, 1.807) is 48.5 Å². The maximum absolute atomic E-state index is 12.9. The molecule has 1 N–H and O–H groups in total. The standard InChI is InChI=1S/C23H20FNO4/c1-16(26)18-4-10-20(11-5-18)28-15-23(27)25-14-17-2-8-21(9-3-17)29-22-12-6-19(24)7-13-22/h2-13H,14-15H2,1H3,(H,25,27). The molecule has 0 aliphatic heterocycles. The zero-order valence-electron chi connectivity index (χ0n) is 15.9. The van der Waals surface area contributed by atoms with Crippen LogP contribution in [0.1, 0.15) is 22.8 Å². The molecule has 0 heterocycles. The Labute approximate surface area is 168 Å². The lowest BCUT2D eigenvalue weighted by atomic mass is 10.1. The van der Waals surface area contributed by atoms with Gasteiger partial charge in [0.25, 0.3) is 5.91 Å². The largest absolute Gasteiger partial charge is 0.484 e. The van der Waals surface area contributed by atoms with Gasteiger partial charge in [0.05, 0.1) is 0 Å². The maximum atomic E-state index is 12.9. The van der Waals surface area contributed by atoms with Crippen LogP contribution in [-0.2, 0) is 11.3 Å². The normalized spacial score (nSPS) is 10.3. The molecule has 1 amide bonds. The first-order chi connectivity index (χ1) is 14.0. The summed E-state index contributed by atoms with van der Waals surface area (Å²) in [4.78, 5) is 23.2. The second-order valence-corrected chi connectivity index (χ2v) is 6.35. The van der Waals surface area contributed by atoms with Gasteiger partial charge in [0, 0.05) is 12.1 Å². The minimum atomic E-state index is -0.319. The van der Waals surface area contributed by atoms with Crippen LogP contribution < -0.4 is 14.8 Å². The van der Waals surface area contributed by atoms with Gasteiger partial charge >= 0.3 is 0 Å². The van der Waals surface area contributed by atoms with Crippen molar-refractivity contribution in [1.29, 1.82) is 0 Å². The van der Waals surface area contributed by atoms with Gasteiger partial charge in [-0.2, -0.15) is 0 Å². The van der Waals surface area contributed by atoms with Gasteiger partial charge in [0.15, 0.2) is 12.4 Å². The average molecular weight is 393 g/mol. The average Bonchev–Trinajstić information content (AvgIpc) is 2.73. The number of hydrogen-bond donors (Lipinski definition) is 1. The number of amides is 1. The fourth-order valence-corrected chi connectivity index (χ4v) is 2.50. The molecule has 0 radical (unpaired) electrons. The van der Waals surface area contributed by atoms with Crippen molar-refractivity contribution in [3.05, 3.63) is 89.7 Å². The molecule has 0 aliphatic rings. The third-order valence-corrected chi connectivity index (χ3v) is 4.09. The smallest absolute Gasteiger partial charge is 0.258 e. The predicted octanol–water partition coefficient (Wildman–Crippen LogP) is 4.52. The van der Waals surface area contributed by atoms with Crippen LogP contribution in [0, 0.1) is 5.82 Å². The minimum Gasteiger partial charge on any atom is -0.484 e. The summed E-state index contributed by atoms with van der Waals surface area (Å²) < 4.78 is 24.0. The quantitative estimate of drug-likeness (QED) is 0.572. The zero-order valence-corrected chi connectivity index (χ0v) is 15.9. The molecule has 0 unspecified atom stereocenters. The molecule has 148 valence electrons. The van der Waals surface area contributed by atoms with E-state index in [9.17, 15) is 14.0 Å². The Kier molecular flexibility index (Phi) is 6.58. The monoisotopic (exact) mass is 393 g/mol. The van der Waals surface area contributed by atoms with Crippen molar-refractivity contribution in [2.75, 3.05) is 6.61 Å². The molecule has 0 saturated heterocycles. The Hall–Kier alpha value is -3.67. The summed E-state index contributed by atoms with van der Waals surface area (Å²) in [5.41, 5.74) is 1.49. The first-order valence-electron chi connectivity index (χ1n) is 9.02. The van der Waals surface area contributed by atoms with Gasteiger partial charge in [0.1, 0.15) is 23.1 Å². The second kappa shape index (κ2) is 9.50. The molecular weight excluding hydrogens is 373 g/mol. The molecule has 3 rings (SSSR count). The zero-order chi connectivity index (χ0) is 20.6. The second-order valence-electron chi connectivity index (χ2n) is 6.35. The highest BCUT2D eigenvalue weighted by Gasteiger charge is 2.05. The molecule has 3 aromatic rings. The molecule has 3 aromatic carbocycles. The molecule has 0 aromatic heterocycles. The van der Waals surface area contributed by atoms with E-state index in [1.165, 1.54) is 19.1 Å². The van der Waals surface area contributed by atoms with Crippen LogP contribution in [0.4, 0.5) is 4.39 Å². The van der Waals surface area contributed by atoms with Crippen LogP contribution in [0.25, 0.3) is 0 Å². The van der Waals surface area contributed by atoms with Crippen molar-refractivity contribution in [2.45, 2.75) is 13.5 Å². The number of rotatable bonds is 8. The Morgan fingerprint density at radius 3 is 1.97 bits per heavy atom. The Bertz CT molecular complexity index is 967. The van der Waals surface area contributed by atoms with Gasteiger partial charge in [-0.1, -0.05) is 12.1 Å². The number of nitrogens with one attached hydrogen (secondary N) is 1. The summed E-state index contributed by atoms with van der Waals surface area (Å²) in [7, 11) is 0. The summed E-state index contributed by atoms with van der Waals surface area (Å²) in [6, 6.07) is 19.6. The molecule has 0 aliphatic carbocycles. The van der Waals surface area contributed by atoms with Crippen molar-refractivity contribution in [3.8, 4) is 17.2 Å². The van der Waals surface area contributed by atoms with Crippen LogP contribution in [-0.4, -0.2) is 18.3 Å². The minimum absolute atomic E-state index is 0.0247. The van der Waals surface area contributed by atoms with Crippen LogP contribution in [0.15, 0.2) is 72.8 Å². The SMILES string of the molecule is CC(=O)c1ccc(OCC(=O)NCc2ccc(Oc3ccc(F)cc3)cc2)cc1. The van der Waals surface area contributed by atoms with E-state index in [-0.39, 0.29) is 24.1 Å². The molecule has 0 bridgehead atoms. The number of Topliss-reactive ketones (excluding diaryl/α,β-unsaturated/α-hetero) is 1. The van der Waals surface area contributed by atoms with E-state index in [0.29, 0.717) is 29.4 Å². The molecule has 0 atom stereocenters. The molecule has 5 nitrogen and oxygen atoms in total. The highest BCUT2D eigenvalue weighted by molar-refractivity contribution is 5.94. The summed E-state index contributed by atoms with van der Waals surface area (Å²) >= 11 is 0. The van der Waals surface area contributed by atoms with E-state index in [4.69, 9.17) is 9.47 Å². The molecule has 29 heavy (non-hydrogen) atoms. The van der Waals surface area contributed by atoms with Gasteiger partial charge in [-0.15, -0.1) is 0 Å². The maximum Gasteiger partial charge on any atom is 0.258 e. The van der Waals surface area contributed by atoms with E-state index in [1.807, 2.05) is 12.1 Å². The van der Waals surface area contributed by atoms with Gasteiger partial charge in [-0.05, 0) is 73.2 Å². The highest BCUT2D eigenvalue weighted by atomic mass is 19.1. The third-order valence-electron chi connectivity index (χ3n) is 4.09. The number of ether oxygens (including phenoxy) is 2. The van der Waals surface area contributed by atoms with Crippen molar-refractivity contribution in [2.24, 2.45) is 0 Å². The van der Waals surface area contributed by atoms with Crippen molar-refractivity contribution >= 4 is 11.7 Å². The number of carbonyl (C=O) groups is 2. The van der Waals surface area contributed by atoms with E-state index in [2.05, 4.69) is 5.32 Å².